The monoisotopic (exact) mass is 211 g/mol. The molecule has 0 spiro atoms. The van der Waals surface area contributed by atoms with Crippen LogP contribution in [-0.4, -0.2) is 11.9 Å². The van der Waals surface area contributed by atoms with E-state index in [9.17, 15) is 14.0 Å². The summed E-state index contributed by atoms with van der Waals surface area (Å²) in [4.78, 5) is 21.5. The first-order valence-corrected chi connectivity index (χ1v) is 4.12. The molecule has 5 nitrogen and oxygen atoms in total. The van der Waals surface area contributed by atoms with Crippen molar-refractivity contribution in [2.45, 2.75) is 6.92 Å². The van der Waals surface area contributed by atoms with E-state index in [-0.39, 0.29) is 5.56 Å². The SMILES string of the molecule is Cc1ccc(C(=O)NNC(N)=O)c(F)c1. The van der Waals surface area contributed by atoms with E-state index in [2.05, 4.69) is 0 Å². The Labute approximate surface area is 85.4 Å². The third-order valence-corrected chi connectivity index (χ3v) is 1.67. The van der Waals surface area contributed by atoms with E-state index >= 15 is 0 Å². The van der Waals surface area contributed by atoms with Crippen molar-refractivity contribution in [1.29, 1.82) is 0 Å². The van der Waals surface area contributed by atoms with Crippen molar-refractivity contribution >= 4 is 11.9 Å². The van der Waals surface area contributed by atoms with E-state index in [4.69, 9.17) is 5.73 Å². The minimum atomic E-state index is -0.920. The molecule has 0 saturated heterocycles. The zero-order valence-corrected chi connectivity index (χ0v) is 8.00. The molecule has 0 heterocycles. The number of primary amides is 1. The molecule has 0 aliphatic carbocycles. The molecule has 0 radical (unpaired) electrons. The van der Waals surface area contributed by atoms with Crippen molar-refractivity contribution in [2.24, 2.45) is 5.73 Å². The zero-order valence-electron chi connectivity index (χ0n) is 8.00. The summed E-state index contributed by atoms with van der Waals surface area (Å²) >= 11 is 0. The molecule has 0 saturated carbocycles. The lowest BCUT2D eigenvalue weighted by Gasteiger charge is -2.05. The van der Waals surface area contributed by atoms with Crippen LogP contribution in [-0.2, 0) is 0 Å². The van der Waals surface area contributed by atoms with Gasteiger partial charge in [-0.3, -0.25) is 10.2 Å². The molecule has 4 N–H and O–H groups in total. The fourth-order valence-corrected chi connectivity index (χ4v) is 0.990. The first-order valence-electron chi connectivity index (χ1n) is 4.12. The predicted octanol–water partition coefficient (Wildman–Crippen LogP) is 0.447. The van der Waals surface area contributed by atoms with Crippen LogP contribution in [0.15, 0.2) is 18.2 Å². The van der Waals surface area contributed by atoms with Gasteiger partial charge in [-0.1, -0.05) is 6.07 Å². The fourth-order valence-electron chi connectivity index (χ4n) is 0.990. The quantitative estimate of drug-likeness (QED) is 0.589. The molecular formula is C9H10FN3O2. The van der Waals surface area contributed by atoms with Gasteiger partial charge >= 0.3 is 6.03 Å². The highest BCUT2D eigenvalue weighted by Gasteiger charge is 2.11. The number of rotatable bonds is 1. The molecule has 1 aromatic carbocycles. The van der Waals surface area contributed by atoms with Crippen LogP contribution in [0.25, 0.3) is 0 Å². The summed E-state index contributed by atoms with van der Waals surface area (Å²) in [5, 5.41) is 0. The highest BCUT2D eigenvalue weighted by molar-refractivity contribution is 5.95. The van der Waals surface area contributed by atoms with Crippen molar-refractivity contribution in [2.75, 3.05) is 0 Å². The lowest BCUT2D eigenvalue weighted by atomic mass is 10.1. The molecule has 15 heavy (non-hydrogen) atoms. The largest absolute Gasteiger partial charge is 0.350 e. The molecule has 0 unspecified atom stereocenters. The highest BCUT2D eigenvalue weighted by atomic mass is 19.1. The van der Waals surface area contributed by atoms with E-state index in [1.165, 1.54) is 12.1 Å². The summed E-state index contributed by atoms with van der Waals surface area (Å²) < 4.78 is 13.2. The maximum absolute atomic E-state index is 13.2. The summed E-state index contributed by atoms with van der Waals surface area (Å²) in [7, 11) is 0. The van der Waals surface area contributed by atoms with Gasteiger partial charge in [-0.15, -0.1) is 0 Å². The normalized spacial score (nSPS) is 9.47. The van der Waals surface area contributed by atoms with Crippen LogP contribution in [0.2, 0.25) is 0 Å². The van der Waals surface area contributed by atoms with Gasteiger partial charge in [-0.25, -0.2) is 14.6 Å². The topological polar surface area (TPSA) is 84.2 Å². The first-order chi connectivity index (χ1) is 7.00. The summed E-state index contributed by atoms with van der Waals surface area (Å²) in [6, 6.07) is 3.21. The Morgan fingerprint density at radius 2 is 2.00 bits per heavy atom. The predicted molar refractivity (Wildman–Crippen MR) is 51.3 cm³/mol. The Balaban J connectivity index is 2.78. The smallest absolute Gasteiger partial charge is 0.330 e. The number of nitrogens with two attached hydrogens (primary N) is 1. The van der Waals surface area contributed by atoms with Crippen LogP contribution >= 0.6 is 0 Å². The Hall–Kier alpha value is -2.11. The Bertz CT molecular complexity index is 406. The van der Waals surface area contributed by atoms with Crippen LogP contribution in [0.1, 0.15) is 15.9 Å². The second kappa shape index (κ2) is 4.41. The molecule has 0 aromatic heterocycles. The number of carbonyl (C=O) groups is 2. The van der Waals surface area contributed by atoms with Crippen LogP contribution in [0, 0.1) is 12.7 Å². The van der Waals surface area contributed by atoms with Crippen molar-refractivity contribution in [3.63, 3.8) is 0 Å². The molecule has 1 aromatic rings. The van der Waals surface area contributed by atoms with Gasteiger partial charge in [-0.2, -0.15) is 0 Å². The Morgan fingerprint density at radius 3 is 2.53 bits per heavy atom. The van der Waals surface area contributed by atoms with Crippen molar-refractivity contribution in [3.05, 3.63) is 35.1 Å². The van der Waals surface area contributed by atoms with Crippen molar-refractivity contribution < 1.29 is 14.0 Å². The minimum Gasteiger partial charge on any atom is -0.350 e. The number of nitrogens with one attached hydrogen (secondary N) is 2. The van der Waals surface area contributed by atoms with E-state index in [0.29, 0.717) is 5.56 Å². The lowest BCUT2D eigenvalue weighted by molar-refractivity contribution is 0.0933. The van der Waals surface area contributed by atoms with E-state index in [1.54, 1.807) is 13.0 Å². The van der Waals surface area contributed by atoms with Gasteiger partial charge in [0.2, 0.25) is 0 Å². The maximum atomic E-state index is 13.2. The molecule has 6 heteroatoms. The maximum Gasteiger partial charge on any atom is 0.330 e. The van der Waals surface area contributed by atoms with Crippen molar-refractivity contribution in [1.82, 2.24) is 10.9 Å². The average molecular weight is 211 g/mol. The second-order valence-corrected chi connectivity index (χ2v) is 2.93. The number of hydrogen-bond acceptors (Lipinski definition) is 2. The van der Waals surface area contributed by atoms with Gasteiger partial charge < -0.3 is 5.73 Å². The Morgan fingerprint density at radius 1 is 1.33 bits per heavy atom. The number of hydrogen-bond donors (Lipinski definition) is 3. The lowest BCUT2D eigenvalue weighted by Crippen LogP contribution is -2.44. The second-order valence-electron chi connectivity index (χ2n) is 2.93. The summed E-state index contributed by atoms with van der Waals surface area (Å²) in [5.41, 5.74) is 9.08. The zero-order chi connectivity index (χ0) is 11.4. The number of halogens is 1. The third kappa shape index (κ3) is 2.94. The number of hydrazine groups is 1. The number of amides is 3. The van der Waals surface area contributed by atoms with Gasteiger partial charge in [0.1, 0.15) is 5.82 Å². The Kier molecular flexibility index (Phi) is 3.22. The van der Waals surface area contributed by atoms with Gasteiger partial charge in [0, 0.05) is 0 Å². The van der Waals surface area contributed by atoms with Gasteiger partial charge in [0.25, 0.3) is 5.91 Å². The molecule has 0 atom stereocenters. The number of aryl methyl sites for hydroxylation is 1. The van der Waals surface area contributed by atoms with Gasteiger partial charge in [0.05, 0.1) is 5.56 Å². The van der Waals surface area contributed by atoms with Gasteiger partial charge in [0.15, 0.2) is 0 Å². The molecule has 0 bridgehead atoms. The highest BCUT2D eigenvalue weighted by Crippen LogP contribution is 2.09. The van der Waals surface area contributed by atoms with Gasteiger partial charge in [-0.05, 0) is 24.6 Å². The summed E-state index contributed by atoms with van der Waals surface area (Å²) in [5.74, 6) is -1.41. The van der Waals surface area contributed by atoms with E-state index in [1.807, 2.05) is 10.9 Å². The summed E-state index contributed by atoms with van der Waals surface area (Å²) in [6.07, 6.45) is 0. The fraction of sp³-hybridized carbons (Fsp3) is 0.111. The minimum absolute atomic E-state index is 0.158. The van der Waals surface area contributed by atoms with Crippen LogP contribution < -0.4 is 16.6 Å². The number of carbonyl (C=O) groups excluding carboxylic acids is 2. The average Bonchev–Trinajstić information content (AvgIpc) is 2.14. The molecule has 1 rings (SSSR count). The van der Waals surface area contributed by atoms with E-state index in [0.717, 1.165) is 0 Å². The molecule has 0 fully saturated rings. The van der Waals surface area contributed by atoms with Crippen molar-refractivity contribution in [3.8, 4) is 0 Å². The van der Waals surface area contributed by atoms with Crippen LogP contribution in [0.4, 0.5) is 9.18 Å². The number of urea groups is 1. The summed E-state index contributed by atoms with van der Waals surface area (Å²) in [6.45, 7) is 1.70. The standard InChI is InChI=1S/C9H10FN3O2/c1-5-2-3-6(7(10)4-5)8(14)12-13-9(11)15/h2-4H,1H3,(H,12,14)(H3,11,13,15). The molecule has 3 amide bonds. The molecule has 0 aliphatic heterocycles. The number of benzene rings is 1. The van der Waals surface area contributed by atoms with Crippen LogP contribution in [0.5, 0.6) is 0 Å². The molecule has 80 valence electrons. The molecule has 0 aliphatic rings. The molecular weight excluding hydrogens is 201 g/mol. The third-order valence-electron chi connectivity index (χ3n) is 1.67. The van der Waals surface area contributed by atoms with E-state index < -0.39 is 17.8 Å². The first kappa shape index (κ1) is 11.0. The van der Waals surface area contributed by atoms with Crippen LogP contribution in [0.3, 0.4) is 0 Å².